The van der Waals surface area contributed by atoms with Crippen LogP contribution in [-0.2, 0) is 23.6 Å². The first-order valence-electron chi connectivity index (χ1n) is 6.72. The molecule has 6 heteroatoms. The fourth-order valence-electron chi connectivity index (χ4n) is 2.51. The lowest BCUT2D eigenvalue weighted by Gasteiger charge is -2.18. The Bertz CT molecular complexity index is 522. The van der Waals surface area contributed by atoms with E-state index in [4.69, 9.17) is 0 Å². The fourth-order valence-corrected chi connectivity index (χ4v) is 4.18. The van der Waals surface area contributed by atoms with Gasteiger partial charge in [0.2, 0.25) is 10.0 Å². The summed E-state index contributed by atoms with van der Waals surface area (Å²) in [4.78, 5) is 2.21. The first-order chi connectivity index (χ1) is 8.88. The Morgan fingerprint density at radius 3 is 2.79 bits per heavy atom. The van der Waals surface area contributed by atoms with Crippen molar-refractivity contribution in [3.63, 3.8) is 0 Å². The van der Waals surface area contributed by atoms with Gasteiger partial charge in [-0.3, -0.25) is 4.90 Å². The monoisotopic (exact) mass is 285 g/mol. The molecule has 108 valence electrons. The normalized spacial score (nSPS) is 21.4. The molecule has 1 N–H and O–H groups in total. The Kier molecular flexibility index (Phi) is 4.32. The second kappa shape index (κ2) is 5.64. The molecule has 0 radical (unpaired) electrons. The number of aryl methyl sites for hydroxylation is 1. The molecular weight excluding hydrogens is 262 g/mol. The summed E-state index contributed by atoms with van der Waals surface area (Å²) >= 11 is 0. The number of nitrogens with zero attached hydrogens (tertiary/aromatic N) is 2. The van der Waals surface area contributed by atoms with Crippen LogP contribution in [0.4, 0.5) is 0 Å². The van der Waals surface area contributed by atoms with E-state index in [1.807, 2.05) is 33.2 Å². The van der Waals surface area contributed by atoms with Crippen LogP contribution in [0, 0.1) is 0 Å². The summed E-state index contributed by atoms with van der Waals surface area (Å²) in [6.45, 7) is 5.99. The average molecular weight is 285 g/mol. The van der Waals surface area contributed by atoms with Crippen molar-refractivity contribution < 1.29 is 8.42 Å². The molecule has 0 spiro atoms. The molecular formula is C13H23N3O2S. The second-order valence-corrected chi connectivity index (χ2v) is 7.57. The highest BCUT2D eigenvalue weighted by atomic mass is 32.2. The van der Waals surface area contributed by atoms with Crippen LogP contribution in [-0.4, -0.2) is 42.3 Å². The number of likely N-dealkylation sites (tertiary alicyclic amines) is 1. The first-order valence-corrected chi connectivity index (χ1v) is 8.27. The molecule has 0 bridgehead atoms. The topological polar surface area (TPSA) is 54.3 Å². The van der Waals surface area contributed by atoms with Crippen LogP contribution in [0.25, 0.3) is 0 Å². The molecule has 1 fully saturated rings. The highest BCUT2D eigenvalue weighted by molar-refractivity contribution is 7.90. The van der Waals surface area contributed by atoms with Gasteiger partial charge in [-0.2, -0.15) is 0 Å². The summed E-state index contributed by atoms with van der Waals surface area (Å²) < 4.78 is 29.0. The van der Waals surface area contributed by atoms with Crippen LogP contribution < -0.4 is 4.72 Å². The standard InChI is InChI=1S/C13H23N3O2S/c1-11(2)14-19(17,18)13-6-8-16(10-13)9-12-5-4-7-15(12)3/h4-5,7,11,13-14H,6,8-10H2,1-3H3/t13-/m0/s1. The summed E-state index contributed by atoms with van der Waals surface area (Å²) in [5.74, 6) is 0. The van der Waals surface area contributed by atoms with E-state index in [1.54, 1.807) is 0 Å². The van der Waals surface area contributed by atoms with Gasteiger partial charge in [0.25, 0.3) is 0 Å². The number of rotatable bonds is 5. The predicted octanol–water partition coefficient (Wildman–Crippen LogP) is 0.927. The molecule has 0 saturated carbocycles. The highest BCUT2D eigenvalue weighted by Crippen LogP contribution is 2.19. The van der Waals surface area contributed by atoms with Crippen LogP contribution in [0.5, 0.6) is 0 Å². The van der Waals surface area contributed by atoms with Crippen molar-refractivity contribution in [3.8, 4) is 0 Å². The van der Waals surface area contributed by atoms with Gasteiger partial charge < -0.3 is 4.57 Å². The van der Waals surface area contributed by atoms with E-state index in [-0.39, 0.29) is 11.3 Å². The van der Waals surface area contributed by atoms with Crippen molar-refractivity contribution >= 4 is 10.0 Å². The third-order valence-electron chi connectivity index (χ3n) is 3.50. The van der Waals surface area contributed by atoms with Crippen LogP contribution in [0.2, 0.25) is 0 Å². The minimum atomic E-state index is -3.18. The van der Waals surface area contributed by atoms with Crippen LogP contribution in [0.3, 0.4) is 0 Å². The molecule has 0 unspecified atom stereocenters. The summed E-state index contributed by atoms with van der Waals surface area (Å²) in [7, 11) is -1.17. The van der Waals surface area contributed by atoms with Gasteiger partial charge in [-0.05, 0) is 38.9 Å². The van der Waals surface area contributed by atoms with Gasteiger partial charge in [0.1, 0.15) is 0 Å². The molecule has 2 rings (SSSR count). The minimum absolute atomic E-state index is 0.0353. The van der Waals surface area contributed by atoms with E-state index >= 15 is 0 Å². The van der Waals surface area contributed by atoms with Crippen molar-refractivity contribution in [1.82, 2.24) is 14.2 Å². The Labute approximate surface area is 115 Å². The molecule has 1 atom stereocenters. The molecule has 2 heterocycles. The molecule has 0 amide bonds. The lowest BCUT2D eigenvalue weighted by Crippen LogP contribution is -2.39. The second-order valence-electron chi connectivity index (χ2n) is 5.57. The Morgan fingerprint density at radius 2 is 2.21 bits per heavy atom. The molecule has 1 aromatic rings. The number of nitrogens with one attached hydrogen (secondary N) is 1. The zero-order chi connectivity index (χ0) is 14.0. The van der Waals surface area contributed by atoms with E-state index in [0.29, 0.717) is 13.0 Å². The third kappa shape index (κ3) is 3.58. The van der Waals surface area contributed by atoms with E-state index in [1.165, 1.54) is 5.69 Å². The maximum absolute atomic E-state index is 12.1. The molecule has 1 aliphatic heterocycles. The smallest absolute Gasteiger partial charge is 0.216 e. The van der Waals surface area contributed by atoms with Crippen molar-refractivity contribution in [1.29, 1.82) is 0 Å². The predicted molar refractivity (Wildman–Crippen MR) is 76.3 cm³/mol. The maximum Gasteiger partial charge on any atom is 0.216 e. The summed E-state index contributed by atoms with van der Waals surface area (Å²) in [5, 5.41) is -0.282. The molecule has 0 aromatic carbocycles. The molecule has 5 nitrogen and oxygen atoms in total. The lowest BCUT2D eigenvalue weighted by molar-refractivity contribution is 0.323. The Hall–Kier alpha value is -0.850. The van der Waals surface area contributed by atoms with E-state index in [2.05, 4.69) is 20.3 Å². The third-order valence-corrected chi connectivity index (χ3v) is 5.57. The largest absolute Gasteiger partial charge is 0.353 e. The number of hydrogen-bond acceptors (Lipinski definition) is 3. The molecule has 0 aliphatic carbocycles. The number of hydrogen-bond donors (Lipinski definition) is 1. The van der Waals surface area contributed by atoms with Crippen LogP contribution in [0.1, 0.15) is 26.0 Å². The van der Waals surface area contributed by atoms with Gasteiger partial charge in [-0.25, -0.2) is 13.1 Å². The highest BCUT2D eigenvalue weighted by Gasteiger charge is 2.33. The Morgan fingerprint density at radius 1 is 1.47 bits per heavy atom. The van der Waals surface area contributed by atoms with Crippen molar-refractivity contribution in [2.45, 2.75) is 38.1 Å². The zero-order valence-corrected chi connectivity index (χ0v) is 12.7. The quantitative estimate of drug-likeness (QED) is 0.875. The fraction of sp³-hybridized carbons (Fsp3) is 0.692. The van der Waals surface area contributed by atoms with Crippen molar-refractivity contribution in [3.05, 3.63) is 24.0 Å². The Balaban J connectivity index is 1.95. The first kappa shape index (κ1) is 14.6. The number of aromatic nitrogens is 1. The molecule has 1 aliphatic rings. The molecule has 1 saturated heterocycles. The summed E-state index contributed by atoms with van der Waals surface area (Å²) in [5.41, 5.74) is 1.22. The maximum atomic E-state index is 12.1. The van der Waals surface area contributed by atoms with E-state index in [0.717, 1.165) is 13.1 Å². The van der Waals surface area contributed by atoms with Crippen LogP contribution >= 0.6 is 0 Å². The van der Waals surface area contributed by atoms with Gasteiger partial charge in [-0.15, -0.1) is 0 Å². The number of sulfonamides is 1. The van der Waals surface area contributed by atoms with Crippen molar-refractivity contribution in [2.75, 3.05) is 13.1 Å². The molecule has 19 heavy (non-hydrogen) atoms. The van der Waals surface area contributed by atoms with Gasteiger partial charge in [0, 0.05) is 38.1 Å². The molecule has 1 aromatic heterocycles. The zero-order valence-electron chi connectivity index (χ0n) is 11.8. The van der Waals surface area contributed by atoms with Crippen LogP contribution in [0.15, 0.2) is 18.3 Å². The van der Waals surface area contributed by atoms with E-state index < -0.39 is 10.0 Å². The van der Waals surface area contributed by atoms with Crippen molar-refractivity contribution in [2.24, 2.45) is 7.05 Å². The average Bonchev–Trinajstić information content (AvgIpc) is 2.88. The van der Waals surface area contributed by atoms with Gasteiger partial charge >= 0.3 is 0 Å². The van der Waals surface area contributed by atoms with Gasteiger partial charge in [0.05, 0.1) is 5.25 Å². The lowest BCUT2D eigenvalue weighted by atomic mass is 10.4. The summed E-state index contributed by atoms with van der Waals surface area (Å²) in [6.07, 6.45) is 2.73. The van der Waals surface area contributed by atoms with Gasteiger partial charge in [0.15, 0.2) is 0 Å². The SMILES string of the molecule is CC(C)NS(=O)(=O)[C@H]1CCN(Cc2cccn2C)C1. The van der Waals surface area contributed by atoms with E-state index in [9.17, 15) is 8.42 Å². The van der Waals surface area contributed by atoms with Gasteiger partial charge in [-0.1, -0.05) is 0 Å². The summed E-state index contributed by atoms with van der Waals surface area (Å²) in [6, 6.07) is 4.06. The minimum Gasteiger partial charge on any atom is -0.353 e.